The van der Waals surface area contributed by atoms with Crippen molar-refractivity contribution in [2.75, 3.05) is 0 Å². The van der Waals surface area contributed by atoms with Crippen LogP contribution in [0.25, 0.3) is 0 Å². The summed E-state index contributed by atoms with van der Waals surface area (Å²) in [6.45, 7) is 6.54. The molecular formula is C16H23N3O2S2. The molecule has 3 rings (SSSR count). The van der Waals surface area contributed by atoms with Crippen LogP contribution in [0.4, 0.5) is 0 Å². The molecule has 0 amide bonds. The van der Waals surface area contributed by atoms with E-state index in [-0.39, 0.29) is 0 Å². The van der Waals surface area contributed by atoms with E-state index in [1.54, 1.807) is 22.9 Å². The maximum atomic E-state index is 12.7. The second kappa shape index (κ2) is 6.37. The first kappa shape index (κ1) is 16.7. The van der Waals surface area contributed by atoms with Gasteiger partial charge >= 0.3 is 0 Å². The molecule has 0 spiro atoms. The second-order valence-electron chi connectivity index (χ2n) is 6.01. The van der Waals surface area contributed by atoms with Gasteiger partial charge in [0, 0.05) is 22.8 Å². The van der Waals surface area contributed by atoms with E-state index >= 15 is 0 Å². The molecule has 126 valence electrons. The minimum atomic E-state index is -3.54. The zero-order valence-corrected chi connectivity index (χ0v) is 15.5. The molecule has 0 saturated carbocycles. The molecule has 0 unspecified atom stereocenters. The number of nitrogens with zero attached hydrogens (tertiary/aromatic N) is 2. The van der Waals surface area contributed by atoms with Crippen LogP contribution >= 0.6 is 11.3 Å². The van der Waals surface area contributed by atoms with Gasteiger partial charge in [-0.1, -0.05) is 0 Å². The lowest BCUT2D eigenvalue weighted by Crippen LogP contribution is -2.24. The van der Waals surface area contributed by atoms with Gasteiger partial charge in [-0.15, -0.1) is 11.3 Å². The quantitative estimate of drug-likeness (QED) is 0.899. The summed E-state index contributed by atoms with van der Waals surface area (Å²) in [5.74, 6) is 0. The second-order valence-corrected chi connectivity index (χ2v) is 8.93. The Labute approximate surface area is 141 Å². The van der Waals surface area contributed by atoms with E-state index in [0.29, 0.717) is 29.4 Å². The third kappa shape index (κ3) is 3.22. The van der Waals surface area contributed by atoms with E-state index in [2.05, 4.69) is 15.9 Å². The Morgan fingerprint density at radius 3 is 2.70 bits per heavy atom. The van der Waals surface area contributed by atoms with Crippen LogP contribution in [0, 0.1) is 13.8 Å². The average Bonchev–Trinajstić information content (AvgIpc) is 3.05. The van der Waals surface area contributed by atoms with Gasteiger partial charge in [-0.3, -0.25) is 4.68 Å². The number of sulfonamides is 1. The molecule has 0 saturated heterocycles. The van der Waals surface area contributed by atoms with Crippen molar-refractivity contribution >= 4 is 21.4 Å². The molecule has 2 aromatic rings. The van der Waals surface area contributed by atoms with Gasteiger partial charge in [-0.05, 0) is 58.1 Å². The normalized spacial score (nSPS) is 14.9. The van der Waals surface area contributed by atoms with Gasteiger partial charge < -0.3 is 0 Å². The molecule has 0 atom stereocenters. The van der Waals surface area contributed by atoms with Crippen molar-refractivity contribution in [1.82, 2.24) is 14.5 Å². The van der Waals surface area contributed by atoms with E-state index in [1.165, 1.54) is 23.3 Å². The zero-order valence-electron chi connectivity index (χ0n) is 13.8. The van der Waals surface area contributed by atoms with Crippen molar-refractivity contribution < 1.29 is 8.42 Å². The van der Waals surface area contributed by atoms with Gasteiger partial charge in [0.1, 0.15) is 4.90 Å². The van der Waals surface area contributed by atoms with Crippen LogP contribution in [-0.2, 0) is 36.0 Å². The van der Waals surface area contributed by atoms with E-state index < -0.39 is 10.0 Å². The topological polar surface area (TPSA) is 64.0 Å². The Hall–Kier alpha value is -1.18. The van der Waals surface area contributed by atoms with Crippen LogP contribution in [0.3, 0.4) is 0 Å². The highest BCUT2D eigenvalue weighted by Crippen LogP contribution is 2.30. The van der Waals surface area contributed by atoms with Crippen molar-refractivity contribution in [3.05, 3.63) is 32.8 Å². The first-order valence-corrected chi connectivity index (χ1v) is 10.4. The summed E-state index contributed by atoms with van der Waals surface area (Å²) in [6.07, 6.45) is 4.74. The number of rotatable bonds is 5. The molecule has 2 aromatic heterocycles. The fraction of sp³-hybridized carbons (Fsp3) is 0.562. The third-order valence-electron chi connectivity index (χ3n) is 4.37. The van der Waals surface area contributed by atoms with Crippen LogP contribution in [0.1, 0.15) is 46.5 Å². The average molecular weight is 354 g/mol. The molecule has 1 aliphatic rings. The maximum absolute atomic E-state index is 12.7. The Kier molecular flexibility index (Phi) is 4.62. The van der Waals surface area contributed by atoms with Crippen molar-refractivity contribution in [2.45, 2.75) is 64.4 Å². The van der Waals surface area contributed by atoms with Crippen LogP contribution in [-0.4, -0.2) is 18.2 Å². The molecule has 0 radical (unpaired) electrons. The molecule has 23 heavy (non-hydrogen) atoms. The Balaban J connectivity index is 1.79. The first-order valence-electron chi connectivity index (χ1n) is 8.06. The highest BCUT2D eigenvalue weighted by atomic mass is 32.2. The SMILES string of the molecule is CCn1nc(C)c(S(=O)(=O)NCc2cc3c(s2)CCCC3)c1C. The van der Waals surface area contributed by atoms with Crippen LogP contribution in [0.15, 0.2) is 11.0 Å². The van der Waals surface area contributed by atoms with Crippen molar-refractivity contribution in [1.29, 1.82) is 0 Å². The number of fused-ring (bicyclic) bond motifs is 1. The lowest BCUT2D eigenvalue weighted by Gasteiger charge is -2.08. The predicted octanol–water partition coefficient (Wildman–Crippen LogP) is 2.94. The van der Waals surface area contributed by atoms with Crippen LogP contribution in [0.5, 0.6) is 0 Å². The molecule has 0 bridgehead atoms. The Morgan fingerprint density at radius 1 is 1.30 bits per heavy atom. The largest absolute Gasteiger partial charge is 0.268 e. The fourth-order valence-electron chi connectivity index (χ4n) is 3.25. The Morgan fingerprint density at radius 2 is 2.04 bits per heavy atom. The van der Waals surface area contributed by atoms with Crippen LogP contribution < -0.4 is 4.72 Å². The summed E-state index contributed by atoms with van der Waals surface area (Å²) >= 11 is 1.74. The molecular weight excluding hydrogens is 330 g/mol. The molecule has 7 heteroatoms. The van der Waals surface area contributed by atoms with Gasteiger partial charge in [0.2, 0.25) is 10.0 Å². The lowest BCUT2D eigenvalue weighted by molar-refractivity contribution is 0.579. The van der Waals surface area contributed by atoms with Gasteiger partial charge in [0.05, 0.1) is 11.4 Å². The zero-order chi connectivity index (χ0) is 16.6. The van der Waals surface area contributed by atoms with E-state index in [0.717, 1.165) is 17.7 Å². The molecule has 1 N–H and O–H groups in total. The summed E-state index contributed by atoms with van der Waals surface area (Å²) in [4.78, 5) is 2.84. The number of aryl methyl sites for hydroxylation is 4. The number of nitrogens with one attached hydrogen (secondary N) is 1. The molecule has 5 nitrogen and oxygen atoms in total. The van der Waals surface area contributed by atoms with E-state index in [9.17, 15) is 8.42 Å². The van der Waals surface area contributed by atoms with Crippen molar-refractivity contribution in [2.24, 2.45) is 0 Å². The Bertz CT molecular complexity index is 795. The minimum Gasteiger partial charge on any atom is -0.268 e. The van der Waals surface area contributed by atoms with Crippen LogP contribution in [0.2, 0.25) is 0 Å². The van der Waals surface area contributed by atoms with E-state index in [4.69, 9.17) is 0 Å². The molecule has 1 aliphatic carbocycles. The highest BCUT2D eigenvalue weighted by molar-refractivity contribution is 7.89. The molecule has 0 fully saturated rings. The number of hydrogen-bond acceptors (Lipinski definition) is 4. The molecule has 0 aliphatic heterocycles. The fourth-order valence-corrected chi connectivity index (χ4v) is 5.96. The molecule has 2 heterocycles. The number of aromatic nitrogens is 2. The standard InChI is InChI=1S/C16H23N3O2S2/c1-4-19-12(3)16(11(2)18-19)23(20,21)17-10-14-9-13-7-5-6-8-15(13)22-14/h9,17H,4-8,10H2,1-3H3. The summed E-state index contributed by atoms with van der Waals surface area (Å²) in [5.41, 5.74) is 2.66. The van der Waals surface area contributed by atoms with Gasteiger partial charge in [-0.25, -0.2) is 13.1 Å². The van der Waals surface area contributed by atoms with E-state index in [1.807, 2.05) is 13.8 Å². The number of hydrogen-bond donors (Lipinski definition) is 1. The maximum Gasteiger partial charge on any atom is 0.244 e. The summed E-state index contributed by atoms with van der Waals surface area (Å²) in [7, 11) is -3.54. The number of thiophene rings is 1. The third-order valence-corrected chi connectivity index (χ3v) is 7.26. The summed E-state index contributed by atoms with van der Waals surface area (Å²) in [6, 6.07) is 2.16. The molecule has 0 aromatic carbocycles. The van der Waals surface area contributed by atoms with Crippen molar-refractivity contribution in [3.8, 4) is 0 Å². The monoisotopic (exact) mass is 353 g/mol. The lowest BCUT2D eigenvalue weighted by atomic mass is 9.99. The summed E-state index contributed by atoms with van der Waals surface area (Å²) < 4.78 is 29.8. The van der Waals surface area contributed by atoms with Crippen molar-refractivity contribution in [3.63, 3.8) is 0 Å². The van der Waals surface area contributed by atoms with Gasteiger partial charge in [0.25, 0.3) is 0 Å². The van der Waals surface area contributed by atoms with Gasteiger partial charge in [0.15, 0.2) is 0 Å². The minimum absolute atomic E-state index is 0.320. The predicted molar refractivity (Wildman–Crippen MR) is 92.4 cm³/mol. The highest BCUT2D eigenvalue weighted by Gasteiger charge is 2.24. The smallest absolute Gasteiger partial charge is 0.244 e. The first-order chi connectivity index (χ1) is 10.9. The summed E-state index contributed by atoms with van der Waals surface area (Å²) in [5, 5.41) is 4.30. The van der Waals surface area contributed by atoms with Gasteiger partial charge in [-0.2, -0.15) is 5.10 Å².